The summed E-state index contributed by atoms with van der Waals surface area (Å²) in [6, 6.07) is 8.16. The molecule has 0 saturated carbocycles. The van der Waals surface area contributed by atoms with Crippen LogP contribution in [0.15, 0.2) is 59.9 Å². The molecular formula is C28H28N8O4S. The molecule has 0 bridgehead atoms. The summed E-state index contributed by atoms with van der Waals surface area (Å²) in [5.74, 6) is 5.34. The highest BCUT2D eigenvalue weighted by atomic mass is 32.2. The highest BCUT2D eigenvalue weighted by Gasteiger charge is 2.23. The maximum absolute atomic E-state index is 14.0. The van der Waals surface area contributed by atoms with Gasteiger partial charge in [-0.2, -0.15) is 10.2 Å². The van der Waals surface area contributed by atoms with Crippen LogP contribution in [0.25, 0.3) is 16.4 Å². The molecule has 2 N–H and O–H groups in total. The normalized spacial score (nSPS) is 12.3. The Morgan fingerprint density at radius 3 is 2.73 bits per heavy atom. The van der Waals surface area contributed by atoms with E-state index in [1.165, 1.54) is 16.1 Å². The average molecular weight is 573 g/mol. The molecule has 13 heteroatoms. The number of pyridine rings is 1. The minimum Gasteiger partial charge on any atom is -0.344 e. The van der Waals surface area contributed by atoms with Gasteiger partial charge in [0.15, 0.2) is 5.65 Å². The number of fused-ring (bicyclic) bond motifs is 2. The van der Waals surface area contributed by atoms with E-state index < -0.39 is 27.5 Å². The molecule has 0 radical (unpaired) electrons. The topological polar surface area (TPSA) is 145 Å². The van der Waals surface area contributed by atoms with Crippen molar-refractivity contribution in [3.8, 4) is 11.8 Å². The number of hydrogen-bond acceptors (Lipinski definition) is 7. The molecule has 0 saturated heterocycles. The van der Waals surface area contributed by atoms with E-state index in [1.807, 2.05) is 0 Å². The van der Waals surface area contributed by atoms with Crippen LogP contribution < -0.4 is 15.6 Å². The lowest BCUT2D eigenvalue weighted by Crippen LogP contribution is -2.35. The molecule has 210 valence electrons. The third kappa shape index (κ3) is 5.60. The number of hydrogen-bond donors (Lipinski definition) is 2. The van der Waals surface area contributed by atoms with Gasteiger partial charge in [-0.25, -0.2) is 22.6 Å². The molecule has 0 aliphatic heterocycles. The van der Waals surface area contributed by atoms with E-state index in [1.54, 1.807) is 80.7 Å². The van der Waals surface area contributed by atoms with Gasteiger partial charge in [-0.3, -0.25) is 14.3 Å². The minimum absolute atomic E-state index is 0.130. The standard InChI is InChI=1S/C28H28N8O4S/c1-18(32-27(37)24-19(2)33-36-12-6-11-30-26(24)36)23-15-22-8-5-7-21(10-9-20-16-31-34(4)17-20)25(22)28(38)35(23)13-14-41(39,40)29-3/h5-8,11-12,15-18,29H,13-14H2,1-4H3,(H,32,37)/t18-/m0/s1. The predicted molar refractivity (Wildman–Crippen MR) is 154 cm³/mol. The lowest BCUT2D eigenvalue weighted by atomic mass is 10.0. The smallest absolute Gasteiger partial charge is 0.259 e. The molecule has 0 unspecified atom stereocenters. The predicted octanol–water partition coefficient (Wildman–Crippen LogP) is 1.53. The van der Waals surface area contributed by atoms with Crippen molar-refractivity contribution in [1.82, 2.24) is 39.0 Å². The van der Waals surface area contributed by atoms with E-state index in [9.17, 15) is 18.0 Å². The molecule has 1 amide bonds. The summed E-state index contributed by atoms with van der Waals surface area (Å²) >= 11 is 0. The number of benzene rings is 1. The molecule has 4 heterocycles. The average Bonchev–Trinajstić information content (AvgIpc) is 3.52. The van der Waals surface area contributed by atoms with Crippen molar-refractivity contribution in [2.75, 3.05) is 12.8 Å². The second-order valence-electron chi connectivity index (χ2n) is 9.51. The highest BCUT2D eigenvalue weighted by Crippen LogP contribution is 2.22. The van der Waals surface area contributed by atoms with Crippen molar-refractivity contribution in [3.63, 3.8) is 0 Å². The third-order valence-electron chi connectivity index (χ3n) is 6.70. The van der Waals surface area contributed by atoms with Crippen LogP contribution in [0.4, 0.5) is 0 Å². The summed E-state index contributed by atoms with van der Waals surface area (Å²) in [7, 11) is -0.518. The van der Waals surface area contributed by atoms with Gasteiger partial charge in [0.1, 0.15) is 5.56 Å². The van der Waals surface area contributed by atoms with E-state index >= 15 is 0 Å². The molecule has 5 aromatic rings. The van der Waals surface area contributed by atoms with Gasteiger partial charge in [0.2, 0.25) is 10.0 Å². The summed E-state index contributed by atoms with van der Waals surface area (Å²) in [5.41, 5.74) is 2.45. The summed E-state index contributed by atoms with van der Waals surface area (Å²) in [6.07, 6.45) is 6.67. The Hall–Kier alpha value is -4.80. The first-order valence-electron chi connectivity index (χ1n) is 12.8. The van der Waals surface area contributed by atoms with Gasteiger partial charge in [-0.1, -0.05) is 24.0 Å². The van der Waals surface area contributed by atoms with Crippen LogP contribution in [0.1, 0.15) is 45.8 Å². The fourth-order valence-electron chi connectivity index (χ4n) is 4.66. The Balaban J connectivity index is 1.59. The quantitative estimate of drug-likeness (QED) is 0.281. The summed E-state index contributed by atoms with van der Waals surface area (Å²) in [5, 5.41) is 12.4. The SMILES string of the molecule is CNS(=O)(=O)CCn1c([C@H](C)NC(=O)c2c(C)nn3cccnc23)cc2cccc(C#Cc3cnn(C)c3)c2c1=O. The number of nitrogens with zero attached hydrogens (tertiary/aromatic N) is 6. The zero-order chi connectivity index (χ0) is 29.3. The first-order valence-corrected chi connectivity index (χ1v) is 14.4. The molecule has 41 heavy (non-hydrogen) atoms. The highest BCUT2D eigenvalue weighted by molar-refractivity contribution is 7.89. The number of rotatable bonds is 7. The van der Waals surface area contributed by atoms with Crippen molar-refractivity contribution in [2.24, 2.45) is 7.05 Å². The van der Waals surface area contributed by atoms with E-state index in [-0.39, 0.29) is 12.3 Å². The Kier molecular flexibility index (Phi) is 7.44. The fraction of sp³-hybridized carbons (Fsp3) is 0.250. The van der Waals surface area contributed by atoms with Crippen molar-refractivity contribution < 1.29 is 13.2 Å². The van der Waals surface area contributed by atoms with E-state index in [0.29, 0.717) is 44.5 Å². The zero-order valence-electron chi connectivity index (χ0n) is 22.9. The zero-order valence-corrected chi connectivity index (χ0v) is 23.7. The van der Waals surface area contributed by atoms with Gasteiger partial charge < -0.3 is 9.88 Å². The van der Waals surface area contributed by atoms with E-state index in [0.717, 1.165) is 0 Å². The van der Waals surface area contributed by atoms with E-state index in [2.05, 4.69) is 37.1 Å². The second-order valence-corrected chi connectivity index (χ2v) is 11.6. The second kappa shape index (κ2) is 11.0. The van der Waals surface area contributed by atoms with Crippen LogP contribution >= 0.6 is 0 Å². The summed E-state index contributed by atoms with van der Waals surface area (Å²) < 4.78 is 31.4. The molecule has 12 nitrogen and oxygen atoms in total. The Morgan fingerprint density at radius 2 is 2.00 bits per heavy atom. The molecule has 0 fully saturated rings. The van der Waals surface area contributed by atoms with Gasteiger partial charge in [-0.05, 0) is 44.5 Å². The molecule has 4 aromatic heterocycles. The molecule has 1 atom stereocenters. The van der Waals surface area contributed by atoms with Crippen LogP contribution in [0.2, 0.25) is 0 Å². The maximum atomic E-state index is 14.0. The summed E-state index contributed by atoms with van der Waals surface area (Å²) in [4.78, 5) is 31.7. The molecule has 0 spiro atoms. The fourth-order valence-corrected chi connectivity index (χ4v) is 5.28. The number of aromatic nitrogens is 6. The number of nitrogens with one attached hydrogen (secondary N) is 2. The number of carbonyl (C=O) groups is 1. The number of sulfonamides is 1. The molecule has 0 aliphatic rings. The lowest BCUT2D eigenvalue weighted by Gasteiger charge is -2.21. The largest absolute Gasteiger partial charge is 0.344 e. The van der Waals surface area contributed by atoms with Gasteiger partial charge in [0.05, 0.1) is 34.6 Å². The lowest BCUT2D eigenvalue weighted by molar-refractivity contribution is 0.0939. The first-order chi connectivity index (χ1) is 19.6. The Labute approximate surface area is 236 Å². The van der Waals surface area contributed by atoms with Crippen LogP contribution in [0.3, 0.4) is 0 Å². The van der Waals surface area contributed by atoms with Gasteiger partial charge in [0, 0.05) is 43.4 Å². The summed E-state index contributed by atoms with van der Waals surface area (Å²) in [6.45, 7) is 3.33. The van der Waals surface area contributed by atoms with Crippen LogP contribution in [-0.2, 0) is 23.6 Å². The Bertz CT molecular complexity index is 2030. The third-order valence-corrected chi connectivity index (χ3v) is 8.04. The van der Waals surface area contributed by atoms with Crippen LogP contribution in [0.5, 0.6) is 0 Å². The monoisotopic (exact) mass is 572 g/mol. The van der Waals surface area contributed by atoms with Crippen molar-refractivity contribution in [3.05, 3.63) is 93.6 Å². The molecular weight excluding hydrogens is 544 g/mol. The maximum Gasteiger partial charge on any atom is 0.259 e. The number of carbonyl (C=O) groups excluding carboxylic acids is 1. The molecule has 5 rings (SSSR count). The first kappa shape index (κ1) is 27.8. The molecule has 0 aliphatic carbocycles. The van der Waals surface area contributed by atoms with E-state index in [4.69, 9.17) is 0 Å². The van der Waals surface area contributed by atoms with Crippen LogP contribution in [-0.4, -0.2) is 56.1 Å². The number of amides is 1. The number of aryl methyl sites for hydroxylation is 2. The Morgan fingerprint density at radius 1 is 1.20 bits per heavy atom. The minimum atomic E-state index is -3.63. The van der Waals surface area contributed by atoms with Crippen molar-refractivity contribution in [2.45, 2.75) is 26.4 Å². The van der Waals surface area contributed by atoms with Gasteiger partial charge in [0.25, 0.3) is 11.5 Å². The molecule has 1 aromatic carbocycles. The van der Waals surface area contributed by atoms with Crippen LogP contribution in [0, 0.1) is 18.8 Å². The van der Waals surface area contributed by atoms with Crippen molar-refractivity contribution >= 4 is 32.4 Å². The van der Waals surface area contributed by atoms with Crippen molar-refractivity contribution in [1.29, 1.82) is 0 Å². The van der Waals surface area contributed by atoms with Gasteiger partial charge in [-0.15, -0.1) is 0 Å². The van der Waals surface area contributed by atoms with Gasteiger partial charge >= 0.3 is 0 Å².